The predicted molar refractivity (Wildman–Crippen MR) is 298 cm³/mol. The van der Waals surface area contributed by atoms with Crippen LogP contribution in [0.25, 0.3) is 0 Å². The summed E-state index contributed by atoms with van der Waals surface area (Å²) in [5, 5.41) is 75.9. The van der Waals surface area contributed by atoms with E-state index in [2.05, 4.69) is 55.6 Å². The van der Waals surface area contributed by atoms with Crippen LogP contribution in [-0.4, -0.2) is 110 Å². The van der Waals surface area contributed by atoms with Gasteiger partial charge in [-0.1, -0.05) is 243 Å². The molecule has 8 N–H and O–H groups in total. The third kappa shape index (κ3) is 38.0. The highest BCUT2D eigenvalue weighted by atomic mass is 16.7. The molecule has 0 spiro atoms. The molecule has 0 saturated carbocycles. The molecular formula is C61H115NO10. The average Bonchev–Trinajstić information content (AvgIpc) is 3.38. The second-order valence-electron chi connectivity index (χ2n) is 21.4. The van der Waals surface area contributed by atoms with Crippen LogP contribution in [0.4, 0.5) is 0 Å². The molecular weight excluding hydrogens is 907 g/mol. The number of hydrogen-bond donors (Lipinski definition) is 8. The van der Waals surface area contributed by atoms with Crippen LogP contribution in [0.3, 0.4) is 0 Å². The monoisotopic (exact) mass is 1020 g/mol. The van der Waals surface area contributed by atoms with Crippen molar-refractivity contribution in [1.29, 1.82) is 0 Å². The number of allylic oxidation sites excluding steroid dienone is 6. The second-order valence-corrected chi connectivity index (χ2v) is 21.4. The minimum atomic E-state index is -1.67. The molecule has 11 heteroatoms. The minimum absolute atomic E-state index is 0.255. The number of aliphatic hydroxyl groups excluding tert-OH is 7. The molecule has 1 aliphatic heterocycles. The third-order valence-electron chi connectivity index (χ3n) is 14.7. The van der Waals surface area contributed by atoms with Gasteiger partial charge in [-0.15, -0.1) is 0 Å². The predicted octanol–water partition coefficient (Wildman–Crippen LogP) is 13.1. The molecule has 0 aromatic heterocycles. The van der Waals surface area contributed by atoms with E-state index in [4.69, 9.17) is 9.47 Å². The van der Waals surface area contributed by atoms with Gasteiger partial charge in [0.25, 0.3) is 0 Å². The van der Waals surface area contributed by atoms with E-state index in [1.165, 1.54) is 193 Å². The van der Waals surface area contributed by atoms with Crippen LogP contribution in [0.5, 0.6) is 0 Å². The quantitative estimate of drug-likeness (QED) is 0.0215. The van der Waals surface area contributed by atoms with Crippen molar-refractivity contribution in [2.45, 2.75) is 332 Å². The maximum Gasteiger partial charge on any atom is 0.249 e. The molecule has 0 aliphatic carbocycles. The first-order valence-corrected chi connectivity index (χ1v) is 30.4. The lowest BCUT2D eigenvalue weighted by Gasteiger charge is -2.40. The summed E-state index contributed by atoms with van der Waals surface area (Å²) in [7, 11) is 0. The fourth-order valence-corrected chi connectivity index (χ4v) is 9.71. The van der Waals surface area contributed by atoms with Gasteiger partial charge in [0.05, 0.1) is 25.4 Å². The number of hydrogen-bond acceptors (Lipinski definition) is 10. The molecule has 0 aromatic rings. The van der Waals surface area contributed by atoms with Crippen LogP contribution in [0, 0.1) is 0 Å². The van der Waals surface area contributed by atoms with Gasteiger partial charge < -0.3 is 50.5 Å². The first kappa shape index (κ1) is 68.3. The van der Waals surface area contributed by atoms with Crippen molar-refractivity contribution in [2.24, 2.45) is 0 Å². The molecule has 1 saturated heterocycles. The molecule has 1 amide bonds. The Kier molecular flexibility index (Phi) is 47.6. The number of carbonyl (C=O) groups excluding carboxylic acids is 1. The van der Waals surface area contributed by atoms with Crippen molar-refractivity contribution in [1.82, 2.24) is 5.32 Å². The molecule has 72 heavy (non-hydrogen) atoms. The van der Waals surface area contributed by atoms with Crippen molar-refractivity contribution >= 4 is 5.91 Å². The molecule has 0 bridgehead atoms. The van der Waals surface area contributed by atoms with Crippen LogP contribution in [0.2, 0.25) is 0 Å². The lowest BCUT2D eigenvalue weighted by Crippen LogP contribution is -2.60. The summed E-state index contributed by atoms with van der Waals surface area (Å²) in [6.45, 7) is 3.43. The van der Waals surface area contributed by atoms with E-state index in [1.54, 1.807) is 0 Å². The highest BCUT2D eigenvalue weighted by molar-refractivity contribution is 5.80. The van der Waals surface area contributed by atoms with E-state index in [0.717, 1.165) is 44.9 Å². The second kappa shape index (κ2) is 50.2. The fourth-order valence-electron chi connectivity index (χ4n) is 9.71. The molecule has 1 fully saturated rings. The van der Waals surface area contributed by atoms with Crippen molar-refractivity contribution < 1.29 is 50.0 Å². The zero-order valence-electron chi connectivity index (χ0n) is 46.4. The molecule has 424 valence electrons. The summed E-state index contributed by atoms with van der Waals surface area (Å²) in [6, 6.07) is -1.18. The Hall–Kier alpha value is -1.67. The van der Waals surface area contributed by atoms with Gasteiger partial charge in [-0.3, -0.25) is 4.79 Å². The van der Waals surface area contributed by atoms with Crippen molar-refractivity contribution in [3.63, 3.8) is 0 Å². The zero-order valence-corrected chi connectivity index (χ0v) is 46.4. The van der Waals surface area contributed by atoms with Gasteiger partial charge >= 0.3 is 0 Å². The Morgan fingerprint density at radius 3 is 1.28 bits per heavy atom. The Labute approximate surface area is 441 Å². The minimum Gasteiger partial charge on any atom is -0.394 e. The van der Waals surface area contributed by atoms with E-state index in [0.29, 0.717) is 12.8 Å². The molecule has 11 nitrogen and oxygen atoms in total. The standard InChI is InChI=1S/C61H115NO10/c1-3-5-7-9-11-13-15-16-17-18-19-20-21-22-23-24-25-26-27-28-29-30-31-32-33-34-35-36-37-39-41-43-45-47-49-54(65)60(70)62-52(51-71-61-59(69)58(68)57(67)55(50-63)72-61)56(66)53(64)48-46-44-42-40-38-14-12-10-8-6-4-2/h21-22,24-25,40,42,52-59,61,63-69H,3-20,23,26-39,41,43-51H2,1-2H3,(H,62,70)/b22-21-,25-24-,42-40+. The van der Waals surface area contributed by atoms with Crippen LogP contribution in [-0.2, 0) is 14.3 Å². The summed E-state index contributed by atoms with van der Waals surface area (Å²) >= 11 is 0. The fraction of sp³-hybridized carbons (Fsp3) is 0.885. The lowest BCUT2D eigenvalue weighted by molar-refractivity contribution is -0.303. The van der Waals surface area contributed by atoms with Crippen LogP contribution >= 0.6 is 0 Å². The Morgan fingerprint density at radius 2 is 0.861 bits per heavy atom. The van der Waals surface area contributed by atoms with E-state index in [1.807, 2.05) is 0 Å². The first-order chi connectivity index (χ1) is 35.2. The van der Waals surface area contributed by atoms with E-state index in [9.17, 15) is 40.5 Å². The van der Waals surface area contributed by atoms with Gasteiger partial charge in [-0.2, -0.15) is 0 Å². The Balaban J connectivity index is 2.16. The number of unbranched alkanes of at least 4 members (excludes halogenated alkanes) is 34. The maximum absolute atomic E-state index is 13.1. The number of ether oxygens (including phenoxy) is 2. The molecule has 9 atom stereocenters. The molecule has 1 heterocycles. The summed E-state index contributed by atoms with van der Waals surface area (Å²) in [5.41, 5.74) is 0. The number of rotatable bonds is 52. The molecule has 1 rings (SSSR count). The topological polar surface area (TPSA) is 189 Å². The molecule has 0 aromatic carbocycles. The Bertz CT molecular complexity index is 1260. The van der Waals surface area contributed by atoms with Crippen LogP contribution in [0.15, 0.2) is 36.5 Å². The van der Waals surface area contributed by atoms with Crippen molar-refractivity contribution in [3.8, 4) is 0 Å². The van der Waals surface area contributed by atoms with Crippen molar-refractivity contribution in [3.05, 3.63) is 36.5 Å². The van der Waals surface area contributed by atoms with Gasteiger partial charge in [0.15, 0.2) is 6.29 Å². The summed E-state index contributed by atoms with van der Waals surface area (Å²) in [5.74, 6) is -0.705. The van der Waals surface area contributed by atoms with Gasteiger partial charge in [-0.05, 0) is 70.6 Å². The van der Waals surface area contributed by atoms with Gasteiger partial charge in [-0.25, -0.2) is 0 Å². The first-order valence-electron chi connectivity index (χ1n) is 30.4. The summed E-state index contributed by atoms with van der Waals surface area (Å²) in [4.78, 5) is 13.1. The number of amides is 1. The normalized spacial score (nSPS) is 20.3. The average molecular weight is 1020 g/mol. The number of nitrogens with one attached hydrogen (secondary N) is 1. The molecule has 1 aliphatic rings. The van der Waals surface area contributed by atoms with E-state index >= 15 is 0 Å². The molecule has 9 unspecified atom stereocenters. The van der Waals surface area contributed by atoms with Crippen LogP contribution < -0.4 is 5.32 Å². The Morgan fingerprint density at radius 1 is 0.486 bits per heavy atom. The summed E-state index contributed by atoms with van der Waals surface area (Å²) < 4.78 is 11.1. The lowest BCUT2D eigenvalue weighted by atomic mass is 9.98. The summed E-state index contributed by atoms with van der Waals surface area (Å²) in [6.07, 6.45) is 51.0. The van der Waals surface area contributed by atoms with Crippen LogP contribution in [0.1, 0.15) is 277 Å². The number of carbonyl (C=O) groups is 1. The third-order valence-corrected chi connectivity index (χ3v) is 14.7. The zero-order chi connectivity index (χ0) is 52.5. The highest BCUT2D eigenvalue weighted by Gasteiger charge is 2.44. The maximum atomic E-state index is 13.1. The largest absolute Gasteiger partial charge is 0.394 e. The van der Waals surface area contributed by atoms with E-state index < -0.39 is 74.2 Å². The van der Waals surface area contributed by atoms with Gasteiger partial charge in [0.1, 0.15) is 36.6 Å². The van der Waals surface area contributed by atoms with Gasteiger partial charge in [0.2, 0.25) is 5.91 Å². The van der Waals surface area contributed by atoms with Gasteiger partial charge in [0, 0.05) is 0 Å². The molecule has 0 radical (unpaired) electrons. The SMILES string of the molecule is CCCCCCCC/C=C/CCCC(O)C(O)C(COC1OC(CO)C(O)C(O)C1O)NC(=O)C(O)CCCCCCCCCCCCCCCCCC/C=C\C/C=C\CCCCCCCCCCCCC. The smallest absolute Gasteiger partial charge is 0.249 e. The number of aliphatic hydroxyl groups is 7. The van der Waals surface area contributed by atoms with Crippen molar-refractivity contribution in [2.75, 3.05) is 13.2 Å². The van der Waals surface area contributed by atoms with E-state index in [-0.39, 0.29) is 12.8 Å². The highest BCUT2D eigenvalue weighted by Crippen LogP contribution is 2.23.